The van der Waals surface area contributed by atoms with Crippen LogP contribution in [0.2, 0.25) is 0 Å². The molecule has 3 rings (SSSR count). The van der Waals surface area contributed by atoms with Gasteiger partial charge in [0.15, 0.2) is 0 Å². The molecule has 0 unspecified atom stereocenters. The average Bonchev–Trinajstić information content (AvgIpc) is 2.68. The number of hydrogen-bond donors (Lipinski definition) is 2. The summed E-state index contributed by atoms with van der Waals surface area (Å²) in [4.78, 5) is 12.7. The molecule has 0 aromatic heterocycles. The highest BCUT2D eigenvalue weighted by molar-refractivity contribution is 7.89. The summed E-state index contributed by atoms with van der Waals surface area (Å²) < 4.78 is 27.7. The van der Waals surface area contributed by atoms with Gasteiger partial charge in [-0.15, -0.1) is 0 Å². The van der Waals surface area contributed by atoms with Gasteiger partial charge in [-0.05, 0) is 37.3 Å². The van der Waals surface area contributed by atoms with Crippen LogP contribution in [0.25, 0.3) is 0 Å². The zero-order valence-electron chi connectivity index (χ0n) is 17.6. The molecular formula is C20H33N4O4S+. The van der Waals surface area contributed by atoms with Crippen LogP contribution in [0, 0.1) is 22.0 Å². The number of quaternary nitrogens is 1. The second-order valence-corrected chi connectivity index (χ2v) is 10.7. The van der Waals surface area contributed by atoms with Gasteiger partial charge in [0.1, 0.15) is 5.69 Å². The van der Waals surface area contributed by atoms with Crippen LogP contribution in [0.5, 0.6) is 0 Å². The Kier molecular flexibility index (Phi) is 6.80. The maximum atomic E-state index is 13.1. The van der Waals surface area contributed by atoms with Crippen LogP contribution in [-0.4, -0.2) is 56.4 Å². The fourth-order valence-corrected chi connectivity index (χ4v) is 6.34. The van der Waals surface area contributed by atoms with E-state index in [4.69, 9.17) is 0 Å². The maximum Gasteiger partial charge on any atom is 0.293 e. The lowest BCUT2D eigenvalue weighted by Crippen LogP contribution is -3.13. The summed E-state index contributed by atoms with van der Waals surface area (Å²) >= 11 is 0. The van der Waals surface area contributed by atoms with Gasteiger partial charge in [0, 0.05) is 38.0 Å². The Bertz CT molecular complexity index is 827. The van der Waals surface area contributed by atoms with Gasteiger partial charge >= 0.3 is 0 Å². The van der Waals surface area contributed by atoms with E-state index in [-0.39, 0.29) is 28.5 Å². The number of piperidine rings is 2. The number of rotatable bonds is 6. The number of anilines is 1. The lowest BCUT2D eigenvalue weighted by Gasteiger charge is -2.34. The molecule has 2 saturated heterocycles. The first-order valence-corrected chi connectivity index (χ1v) is 12.0. The molecule has 29 heavy (non-hydrogen) atoms. The van der Waals surface area contributed by atoms with Gasteiger partial charge in [-0.1, -0.05) is 13.8 Å². The molecule has 0 saturated carbocycles. The Labute approximate surface area is 173 Å². The van der Waals surface area contributed by atoms with E-state index in [2.05, 4.69) is 12.2 Å². The average molecular weight is 426 g/mol. The Morgan fingerprint density at radius 1 is 1.21 bits per heavy atom. The number of likely N-dealkylation sites (tertiary alicyclic amines) is 1. The quantitative estimate of drug-likeness (QED) is 0.535. The zero-order chi connectivity index (χ0) is 21.2. The molecule has 9 heteroatoms. The largest absolute Gasteiger partial charge is 0.376 e. The molecule has 2 aliphatic rings. The van der Waals surface area contributed by atoms with Crippen LogP contribution in [-0.2, 0) is 10.0 Å². The Hall–Kier alpha value is -1.71. The molecular weight excluding hydrogens is 392 g/mol. The van der Waals surface area contributed by atoms with Gasteiger partial charge in [-0.2, -0.15) is 4.31 Å². The molecule has 2 N–H and O–H groups in total. The Balaban J connectivity index is 1.81. The van der Waals surface area contributed by atoms with E-state index in [1.54, 1.807) is 11.0 Å². The topological polar surface area (TPSA) is 97.0 Å². The maximum absolute atomic E-state index is 13.1. The summed E-state index contributed by atoms with van der Waals surface area (Å²) in [7, 11) is -3.75. The van der Waals surface area contributed by atoms with E-state index >= 15 is 0 Å². The van der Waals surface area contributed by atoms with E-state index < -0.39 is 14.9 Å². The van der Waals surface area contributed by atoms with Crippen molar-refractivity contribution in [3.8, 4) is 0 Å². The van der Waals surface area contributed by atoms with Crippen molar-refractivity contribution in [3.05, 3.63) is 28.3 Å². The predicted octanol–water partition coefficient (Wildman–Crippen LogP) is 1.74. The number of hydrogen-bond acceptors (Lipinski definition) is 5. The summed E-state index contributed by atoms with van der Waals surface area (Å²) in [6.45, 7) is 10.3. The molecule has 0 bridgehead atoms. The molecule has 2 atom stereocenters. The van der Waals surface area contributed by atoms with E-state index in [1.807, 2.05) is 13.8 Å². The van der Waals surface area contributed by atoms with Gasteiger partial charge in [0.2, 0.25) is 10.0 Å². The third-order valence-corrected chi connectivity index (χ3v) is 8.02. The van der Waals surface area contributed by atoms with Crippen molar-refractivity contribution in [1.29, 1.82) is 0 Å². The normalized spacial score (nSPS) is 28.8. The summed E-state index contributed by atoms with van der Waals surface area (Å²) in [6, 6.07) is 4.45. The minimum absolute atomic E-state index is 0.00120. The van der Waals surface area contributed by atoms with Crippen LogP contribution >= 0.6 is 0 Å². The molecule has 0 amide bonds. The number of nitro benzene ring substituents is 1. The summed E-state index contributed by atoms with van der Waals surface area (Å²) in [6.07, 6.45) is 2.89. The van der Waals surface area contributed by atoms with Gasteiger partial charge in [-0.25, -0.2) is 8.42 Å². The van der Waals surface area contributed by atoms with Crippen molar-refractivity contribution < 1.29 is 18.2 Å². The fourth-order valence-electron chi connectivity index (χ4n) is 4.64. The predicted molar refractivity (Wildman–Crippen MR) is 113 cm³/mol. The first kappa shape index (κ1) is 22.0. The van der Waals surface area contributed by atoms with Gasteiger partial charge in [0.25, 0.3) is 5.69 Å². The van der Waals surface area contributed by atoms with E-state index in [9.17, 15) is 18.5 Å². The molecule has 2 aliphatic heterocycles. The zero-order valence-corrected chi connectivity index (χ0v) is 18.4. The SMILES string of the molecule is CC[NH+]1CCC(Nc2ccc(S(=O)(=O)N3C[C@@H](C)C[C@H](C)C3)cc2[N+](=O)[O-])CC1. The highest BCUT2D eigenvalue weighted by Crippen LogP contribution is 2.32. The molecule has 2 fully saturated rings. The first-order chi connectivity index (χ1) is 13.7. The third-order valence-electron chi connectivity index (χ3n) is 6.19. The fraction of sp³-hybridized carbons (Fsp3) is 0.700. The molecule has 162 valence electrons. The Morgan fingerprint density at radius 2 is 1.83 bits per heavy atom. The smallest absolute Gasteiger partial charge is 0.293 e. The van der Waals surface area contributed by atoms with Crippen molar-refractivity contribution in [3.63, 3.8) is 0 Å². The molecule has 0 radical (unpaired) electrons. The van der Waals surface area contributed by atoms with Crippen LogP contribution in [0.15, 0.2) is 23.1 Å². The number of nitrogens with one attached hydrogen (secondary N) is 2. The van der Waals surface area contributed by atoms with Crippen LogP contribution in [0.4, 0.5) is 11.4 Å². The van der Waals surface area contributed by atoms with E-state index in [1.165, 1.54) is 16.4 Å². The number of benzene rings is 1. The van der Waals surface area contributed by atoms with Crippen molar-refractivity contribution >= 4 is 21.4 Å². The highest BCUT2D eigenvalue weighted by atomic mass is 32.2. The standard InChI is InChI=1S/C20H32N4O4S/c1-4-22-9-7-17(8-10-22)21-19-6-5-18(12-20(19)24(25)26)29(27,28)23-13-15(2)11-16(3)14-23/h5-6,12,15-17,21H,4,7-11,13-14H2,1-3H3/p+1/t15-,16-/m0/s1. The molecule has 8 nitrogen and oxygen atoms in total. The van der Waals surface area contributed by atoms with Crippen molar-refractivity contribution in [1.82, 2.24) is 4.31 Å². The molecule has 2 heterocycles. The lowest BCUT2D eigenvalue weighted by atomic mass is 9.94. The second kappa shape index (κ2) is 8.97. The second-order valence-electron chi connectivity index (χ2n) is 8.73. The minimum Gasteiger partial charge on any atom is -0.376 e. The monoisotopic (exact) mass is 425 g/mol. The highest BCUT2D eigenvalue weighted by Gasteiger charge is 2.33. The van der Waals surface area contributed by atoms with E-state index in [0.717, 1.165) is 38.9 Å². The molecule has 0 spiro atoms. The molecule has 1 aromatic carbocycles. The third kappa shape index (κ3) is 5.07. The van der Waals surface area contributed by atoms with Crippen molar-refractivity contribution in [2.75, 3.05) is 38.0 Å². The summed E-state index contributed by atoms with van der Waals surface area (Å²) in [5, 5.41) is 15.0. The minimum atomic E-state index is -3.75. The van der Waals surface area contributed by atoms with E-state index in [0.29, 0.717) is 18.8 Å². The van der Waals surface area contributed by atoms with Crippen LogP contribution in [0.3, 0.4) is 0 Å². The summed E-state index contributed by atoms with van der Waals surface area (Å²) in [5.41, 5.74) is 0.230. The van der Waals surface area contributed by atoms with Crippen molar-refractivity contribution in [2.24, 2.45) is 11.8 Å². The summed E-state index contributed by atoms with van der Waals surface area (Å²) in [5.74, 6) is 0.557. The van der Waals surface area contributed by atoms with Gasteiger partial charge in [0.05, 0.1) is 29.5 Å². The van der Waals surface area contributed by atoms with Crippen LogP contribution in [0.1, 0.15) is 40.0 Å². The number of nitro groups is 1. The van der Waals surface area contributed by atoms with Gasteiger partial charge in [-0.3, -0.25) is 10.1 Å². The molecule has 1 aromatic rings. The van der Waals surface area contributed by atoms with Gasteiger partial charge < -0.3 is 10.2 Å². The number of nitrogens with zero attached hydrogens (tertiary/aromatic N) is 2. The first-order valence-electron chi connectivity index (χ1n) is 10.6. The lowest BCUT2D eigenvalue weighted by molar-refractivity contribution is -0.903. The van der Waals surface area contributed by atoms with Crippen molar-refractivity contribution in [2.45, 2.75) is 51.0 Å². The Morgan fingerprint density at radius 3 is 2.38 bits per heavy atom. The number of sulfonamides is 1. The van der Waals surface area contributed by atoms with Crippen LogP contribution < -0.4 is 10.2 Å². The molecule has 0 aliphatic carbocycles.